The third-order valence-electron chi connectivity index (χ3n) is 2.34. The number of aliphatic carboxylic acids is 2. The monoisotopic (exact) mass is 237 g/mol. The van der Waals surface area contributed by atoms with Crippen molar-refractivity contribution in [1.29, 1.82) is 0 Å². The Bertz CT molecular complexity index is 377. The molecule has 0 amide bonds. The largest absolute Gasteiger partial charge is 0.481 e. The van der Waals surface area contributed by atoms with Crippen LogP contribution < -0.4 is 5.32 Å². The van der Waals surface area contributed by atoms with Gasteiger partial charge in [0.25, 0.3) is 0 Å². The molecule has 0 fully saturated rings. The minimum atomic E-state index is -1.03. The van der Waals surface area contributed by atoms with Crippen molar-refractivity contribution in [3.63, 3.8) is 0 Å². The lowest BCUT2D eigenvalue weighted by Gasteiger charge is -2.13. The van der Waals surface area contributed by atoms with E-state index in [1.807, 2.05) is 30.3 Å². The van der Waals surface area contributed by atoms with Gasteiger partial charge in [0, 0.05) is 13.0 Å². The van der Waals surface area contributed by atoms with E-state index in [2.05, 4.69) is 5.32 Å². The zero-order chi connectivity index (χ0) is 12.7. The Kier molecular flexibility index (Phi) is 5.16. The Hall–Kier alpha value is -1.88. The number of hydrogen-bond donors (Lipinski definition) is 3. The van der Waals surface area contributed by atoms with E-state index in [1.165, 1.54) is 0 Å². The van der Waals surface area contributed by atoms with Crippen molar-refractivity contribution < 1.29 is 19.8 Å². The first-order valence-electron chi connectivity index (χ1n) is 5.31. The van der Waals surface area contributed by atoms with Crippen LogP contribution in [0.25, 0.3) is 0 Å². The summed E-state index contributed by atoms with van der Waals surface area (Å²) < 4.78 is 0. The van der Waals surface area contributed by atoms with E-state index in [0.29, 0.717) is 6.54 Å². The molecule has 1 atom stereocenters. The van der Waals surface area contributed by atoms with Gasteiger partial charge in [-0.2, -0.15) is 0 Å². The Balaban J connectivity index is 2.45. The van der Waals surface area contributed by atoms with Crippen molar-refractivity contribution in [2.75, 3.05) is 0 Å². The lowest BCUT2D eigenvalue weighted by molar-refractivity contribution is -0.140. The van der Waals surface area contributed by atoms with Crippen LogP contribution in [-0.4, -0.2) is 28.2 Å². The van der Waals surface area contributed by atoms with Gasteiger partial charge in [0.05, 0.1) is 0 Å². The van der Waals surface area contributed by atoms with E-state index in [4.69, 9.17) is 10.2 Å². The smallest absolute Gasteiger partial charge is 0.320 e. The van der Waals surface area contributed by atoms with Gasteiger partial charge in [0.1, 0.15) is 6.04 Å². The summed E-state index contributed by atoms with van der Waals surface area (Å²) in [6.45, 7) is 0.414. The van der Waals surface area contributed by atoms with Crippen molar-refractivity contribution >= 4 is 11.9 Å². The summed E-state index contributed by atoms with van der Waals surface area (Å²) in [4.78, 5) is 21.3. The van der Waals surface area contributed by atoms with Crippen LogP contribution in [0.3, 0.4) is 0 Å². The van der Waals surface area contributed by atoms with E-state index in [1.54, 1.807) is 0 Å². The SMILES string of the molecule is O=C(O)CC[C@@H](NCc1ccccc1)C(=O)O. The Morgan fingerprint density at radius 1 is 1.18 bits per heavy atom. The van der Waals surface area contributed by atoms with E-state index in [9.17, 15) is 9.59 Å². The zero-order valence-corrected chi connectivity index (χ0v) is 9.30. The molecule has 5 nitrogen and oxygen atoms in total. The second-order valence-corrected chi connectivity index (χ2v) is 3.69. The maximum Gasteiger partial charge on any atom is 0.320 e. The molecule has 1 aromatic carbocycles. The molecule has 0 aliphatic heterocycles. The molecule has 0 bridgehead atoms. The lowest BCUT2D eigenvalue weighted by Crippen LogP contribution is -2.36. The maximum absolute atomic E-state index is 10.9. The molecule has 1 aromatic rings. The van der Waals surface area contributed by atoms with Gasteiger partial charge in [-0.1, -0.05) is 30.3 Å². The lowest BCUT2D eigenvalue weighted by atomic mass is 10.1. The van der Waals surface area contributed by atoms with Gasteiger partial charge in [0.2, 0.25) is 0 Å². The zero-order valence-electron chi connectivity index (χ0n) is 9.30. The van der Waals surface area contributed by atoms with Crippen LogP contribution in [0.1, 0.15) is 18.4 Å². The molecule has 0 spiro atoms. The first-order chi connectivity index (χ1) is 8.09. The minimum absolute atomic E-state index is 0.0809. The summed E-state index contributed by atoms with van der Waals surface area (Å²) >= 11 is 0. The van der Waals surface area contributed by atoms with Crippen molar-refractivity contribution in [2.45, 2.75) is 25.4 Å². The van der Waals surface area contributed by atoms with Crippen LogP contribution in [0, 0.1) is 0 Å². The van der Waals surface area contributed by atoms with Gasteiger partial charge < -0.3 is 15.5 Å². The summed E-state index contributed by atoms with van der Waals surface area (Å²) in [5, 5.41) is 20.2. The second kappa shape index (κ2) is 6.65. The number of carbonyl (C=O) groups is 2. The highest BCUT2D eigenvalue weighted by atomic mass is 16.4. The van der Waals surface area contributed by atoms with Crippen LogP contribution >= 0.6 is 0 Å². The highest BCUT2D eigenvalue weighted by molar-refractivity contribution is 5.75. The molecule has 0 radical (unpaired) electrons. The maximum atomic E-state index is 10.9. The standard InChI is InChI=1S/C12H15NO4/c14-11(15)7-6-10(12(16)17)13-8-9-4-2-1-3-5-9/h1-5,10,13H,6-8H2,(H,14,15)(H,16,17)/t10-/m1/s1. The normalized spacial score (nSPS) is 12.0. The molecular weight excluding hydrogens is 222 g/mol. The average molecular weight is 237 g/mol. The van der Waals surface area contributed by atoms with Gasteiger partial charge in [-0.25, -0.2) is 0 Å². The van der Waals surface area contributed by atoms with E-state index >= 15 is 0 Å². The van der Waals surface area contributed by atoms with E-state index in [0.717, 1.165) is 5.56 Å². The summed E-state index contributed by atoms with van der Waals surface area (Å²) in [5.74, 6) is -2.01. The van der Waals surface area contributed by atoms with E-state index in [-0.39, 0.29) is 12.8 Å². The fourth-order valence-electron chi connectivity index (χ4n) is 1.42. The first-order valence-corrected chi connectivity index (χ1v) is 5.31. The van der Waals surface area contributed by atoms with Crippen LogP contribution in [-0.2, 0) is 16.1 Å². The van der Waals surface area contributed by atoms with Crippen molar-refractivity contribution in [3.05, 3.63) is 35.9 Å². The predicted molar refractivity (Wildman–Crippen MR) is 61.6 cm³/mol. The van der Waals surface area contributed by atoms with Crippen molar-refractivity contribution in [3.8, 4) is 0 Å². The number of carboxylic acid groups (broad SMARTS) is 2. The highest BCUT2D eigenvalue weighted by Gasteiger charge is 2.17. The number of carboxylic acids is 2. The molecule has 92 valence electrons. The number of benzene rings is 1. The first kappa shape index (κ1) is 13.2. The molecule has 0 aliphatic carbocycles. The average Bonchev–Trinajstić information content (AvgIpc) is 2.29. The molecule has 0 unspecified atom stereocenters. The van der Waals surface area contributed by atoms with Crippen LogP contribution in [0.4, 0.5) is 0 Å². The highest BCUT2D eigenvalue weighted by Crippen LogP contribution is 2.02. The Morgan fingerprint density at radius 3 is 2.35 bits per heavy atom. The van der Waals surface area contributed by atoms with Gasteiger partial charge in [-0.15, -0.1) is 0 Å². The van der Waals surface area contributed by atoms with Gasteiger partial charge in [-0.3, -0.25) is 9.59 Å². The molecule has 0 saturated carbocycles. The number of nitrogens with one attached hydrogen (secondary N) is 1. The minimum Gasteiger partial charge on any atom is -0.481 e. The van der Waals surface area contributed by atoms with Crippen LogP contribution in [0.5, 0.6) is 0 Å². The summed E-state index contributed by atoms with van der Waals surface area (Å²) in [6.07, 6.45) is -0.0732. The van der Waals surface area contributed by atoms with Crippen LogP contribution in [0.2, 0.25) is 0 Å². The molecule has 0 heterocycles. The Morgan fingerprint density at radius 2 is 1.82 bits per heavy atom. The van der Waals surface area contributed by atoms with Crippen LogP contribution in [0.15, 0.2) is 30.3 Å². The summed E-state index contributed by atoms with van der Waals surface area (Å²) in [5.41, 5.74) is 0.967. The molecule has 17 heavy (non-hydrogen) atoms. The predicted octanol–water partition coefficient (Wildman–Crippen LogP) is 1.09. The fraction of sp³-hybridized carbons (Fsp3) is 0.333. The summed E-state index contributed by atoms with van der Waals surface area (Å²) in [7, 11) is 0. The number of hydrogen-bond acceptors (Lipinski definition) is 3. The van der Waals surface area contributed by atoms with Gasteiger partial charge in [-0.05, 0) is 12.0 Å². The molecule has 1 rings (SSSR count). The fourth-order valence-corrected chi connectivity index (χ4v) is 1.42. The molecule has 3 N–H and O–H groups in total. The molecule has 5 heteroatoms. The quantitative estimate of drug-likeness (QED) is 0.661. The van der Waals surface area contributed by atoms with Crippen molar-refractivity contribution in [2.24, 2.45) is 0 Å². The third kappa shape index (κ3) is 5.12. The summed E-state index contributed by atoms with van der Waals surface area (Å²) in [6, 6.07) is 8.54. The van der Waals surface area contributed by atoms with E-state index < -0.39 is 18.0 Å². The molecule has 0 aliphatic rings. The van der Waals surface area contributed by atoms with Crippen molar-refractivity contribution in [1.82, 2.24) is 5.32 Å². The molecule has 0 aromatic heterocycles. The topological polar surface area (TPSA) is 86.6 Å². The Labute approximate surface area is 99.1 Å². The van der Waals surface area contributed by atoms with Gasteiger partial charge >= 0.3 is 11.9 Å². The van der Waals surface area contributed by atoms with Gasteiger partial charge in [0.15, 0.2) is 0 Å². The molecular formula is C12H15NO4. The third-order valence-corrected chi connectivity index (χ3v) is 2.34. The second-order valence-electron chi connectivity index (χ2n) is 3.69. The number of rotatable bonds is 7. The molecule has 0 saturated heterocycles.